The lowest BCUT2D eigenvalue weighted by molar-refractivity contribution is 0.374. The highest BCUT2D eigenvalue weighted by molar-refractivity contribution is 7.07. The number of nitrogens with two attached hydrogens (primary N) is 1. The van der Waals surface area contributed by atoms with Gasteiger partial charge in [-0.3, -0.25) is 11.3 Å². The molecule has 1 saturated carbocycles. The SMILES string of the molecule is NNC(c1ccsc1)C1CCCC1. The highest BCUT2D eigenvalue weighted by Crippen LogP contribution is 2.35. The third-order valence-electron chi connectivity index (χ3n) is 2.95. The Bertz CT molecular complexity index is 239. The summed E-state index contributed by atoms with van der Waals surface area (Å²) < 4.78 is 0. The van der Waals surface area contributed by atoms with Gasteiger partial charge < -0.3 is 0 Å². The van der Waals surface area contributed by atoms with E-state index in [2.05, 4.69) is 22.3 Å². The second kappa shape index (κ2) is 4.22. The van der Waals surface area contributed by atoms with Crippen LogP contribution in [0.1, 0.15) is 37.3 Å². The average molecular weight is 196 g/mol. The molecule has 3 heteroatoms. The Morgan fingerprint density at radius 3 is 2.77 bits per heavy atom. The summed E-state index contributed by atoms with van der Waals surface area (Å²) in [6, 6.07) is 2.56. The van der Waals surface area contributed by atoms with Gasteiger partial charge in [0.15, 0.2) is 0 Å². The summed E-state index contributed by atoms with van der Waals surface area (Å²) in [7, 11) is 0. The minimum absolute atomic E-state index is 0.383. The van der Waals surface area contributed by atoms with Gasteiger partial charge in [0.2, 0.25) is 0 Å². The average Bonchev–Trinajstić information content (AvgIpc) is 2.76. The second-order valence-electron chi connectivity index (χ2n) is 3.75. The lowest BCUT2D eigenvalue weighted by Crippen LogP contribution is -2.32. The van der Waals surface area contributed by atoms with Crippen LogP contribution in [0.2, 0.25) is 0 Å². The molecular formula is C10H16N2S. The fourth-order valence-electron chi connectivity index (χ4n) is 2.25. The van der Waals surface area contributed by atoms with Crippen LogP contribution in [0, 0.1) is 5.92 Å². The molecule has 1 atom stereocenters. The molecule has 0 bridgehead atoms. The monoisotopic (exact) mass is 196 g/mol. The van der Waals surface area contributed by atoms with Gasteiger partial charge in [-0.15, -0.1) is 0 Å². The molecule has 1 aromatic rings. The molecule has 1 aliphatic carbocycles. The molecule has 72 valence electrons. The zero-order chi connectivity index (χ0) is 9.10. The maximum atomic E-state index is 5.60. The quantitative estimate of drug-likeness (QED) is 0.575. The van der Waals surface area contributed by atoms with Crippen molar-refractivity contribution in [3.05, 3.63) is 22.4 Å². The Morgan fingerprint density at radius 2 is 2.23 bits per heavy atom. The third kappa shape index (κ3) is 1.93. The van der Waals surface area contributed by atoms with Crippen LogP contribution in [0.3, 0.4) is 0 Å². The largest absolute Gasteiger partial charge is 0.271 e. The van der Waals surface area contributed by atoms with Crippen molar-refractivity contribution in [3.63, 3.8) is 0 Å². The van der Waals surface area contributed by atoms with E-state index in [4.69, 9.17) is 5.84 Å². The molecule has 0 aromatic carbocycles. The topological polar surface area (TPSA) is 38.0 Å². The molecule has 0 spiro atoms. The number of rotatable bonds is 3. The molecule has 0 amide bonds. The Kier molecular flexibility index (Phi) is 2.98. The molecule has 0 radical (unpaired) electrons. The predicted octanol–water partition coefficient (Wildman–Crippen LogP) is 2.44. The molecule has 1 unspecified atom stereocenters. The lowest BCUT2D eigenvalue weighted by Gasteiger charge is -2.21. The van der Waals surface area contributed by atoms with Gasteiger partial charge in [-0.2, -0.15) is 11.3 Å². The van der Waals surface area contributed by atoms with Crippen LogP contribution >= 0.6 is 11.3 Å². The van der Waals surface area contributed by atoms with Crippen molar-refractivity contribution < 1.29 is 0 Å². The van der Waals surface area contributed by atoms with Crippen molar-refractivity contribution in [2.24, 2.45) is 11.8 Å². The van der Waals surface area contributed by atoms with Crippen LogP contribution in [0.15, 0.2) is 16.8 Å². The molecule has 2 rings (SSSR count). The minimum atomic E-state index is 0.383. The molecule has 1 fully saturated rings. The molecule has 1 aromatic heterocycles. The van der Waals surface area contributed by atoms with E-state index in [0.717, 1.165) is 5.92 Å². The summed E-state index contributed by atoms with van der Waals surface area (Å²) in [5.74, 6) is 6.35. The zero-order valence-corrected chi connectivity index (χ0v) is 8.52. The van der Waals surface area contributed by atoms with Gasteiger partial charge in [0.25, 0.3) is 0 Å². The summed E-state index contributed by atoms with van der Waals surface area (Å²) in [6.45, 7) is 0. The van der Waals surface area contributed by atoms with Gasteiger partial charge in [0.05, 0.1) is 0 Å². The Labute approximate surface area is 83.1 Å². The van der Waals surface area contributed by atoms with Crippen molar-refractivity contribution in [1.29, 1.82) is 0 Å². The first-order valence-corrected chi connectivity index (χ1v) is 5.84. The van der Waals surface area contributed by atoms with Gasteiger partial charge in [-0.05, 0) is 41.1 Å². The van der Waals surface area contributed by atoms with Gasteiger partial charge in [-0.25, -0.2) is 0 Å². The second-order valence-corrected chi connectivity index (χ2v) is 4.53. The van der Waals surface area contributed by atoms with Gasteiger partial charge in [0.1, 0.15) is 0 Å². The van der Waals surface area contributed by atoms with Crippen molar-refractivity contribution >= 4 is 11.3 Å². The summed E-state index contributed by atoms with van der Waals surface area (Å²) in [6.07, 6.45) is 5.38. The van der Waals surface area contributed by atoms with Crippen LogP contribution in [0.5, 0.6) is 0 Å². The van der Waals surface area contributed by atoms with E-state index < -0.39 is 0 Å². The fourth-order valence-corrected chi connectivity index (χ4v) is 2.94. The summed E-state index contributed by atoms with van der Waals surface area (Å²) in [5, 5.41) is 4.32. The minimum Gasteiger partial charge on any atom is -0.271 e. The third-order valence-corrected chi connectivity index (χ3v) is 3.65. The molecule has 1 aliphatic rings. The Hall–Kier alpha value is -0.380. The first-order valence-electron chi connectivity index (χ1n) is 4.90. The molecular weight excluding hydrogens is 180 g/mol. The standard InChI is InChI=1S/C10H16N2S/c11-12-10(8-3-1-2-4-8)9-5-6-13-7-9/h5-8,10,12H,1-4,11H2. The first kappa shape index (κ1) is 9.19. The predicted molar refractivity (Wildman–Crippen MR) is 56.3 cm³/mol. The molecule has 13 heavy (non-hydrogen) atoms. The summed E-state index contributed by atoms with van der Waals surface area (Å²) in [5.41, 5.74) is 4.31. The van der Waals surface area contributed by atoms with Crippen LogP contribution in [-0.4, -0.2) is 0 Å². The van der Waals surface area contributed by atoms with Crippen molar-refractivity contribution in [2.45, 2.75) is 31.7 Å². The molecule has 1 heterocycles. The lowest BCUT2D eigenvalue weighted by atomic mass is 9.94. The van der Waals surface area contributed by atoms with Crippen molar-refractivity contribution in [2.75, 3.05) is 0 Å². The van der Waals surface area contributed by atoms with E-state index in [-0.39, 0.29) is 0 Å². The van der Waals surface area contributed by atoms with Gasteiger partial charge in [-0.1, -0.05) is 12.8 Å². The number of hydrazine groups is 1. The van der Waals surface area contributed by atoms with Crippen molar-refractivity contribution in [1.82, 2.24) is 5.43 Å². The van der Waals surface area contributed by atoms with E-state index >= 15 is 0 Å². The number of hydrogen-bond donors (Lipinski definition) is 2. The van der Waals surface area contributed by atoms with E-state index in [9.17, 15) is 0 Å². The first-order chi connectivity index (χ1) is 6.42. The van der Waals surface area contributed by atoms with Gasteiger partial charge in [0, 0.05) is 6.04 Å². The van der Waals surface area contributed by atoms with Gasteiger partial charge >= 0.3 is 0 Å². The zero-order valence-electron chi connectivity index (χ0n) is 7.70. The Balaban J connectivity index is 2.08. The molecule has 0 saturated heterocycles. The molecule has 0 aliphatic heterocycles. The van der Waals surface area contributed by atoms with E-state index in [0.29, 0.717) is 6.04 Å². The summed E-state index contributed by atoms with van der Waals surface area (Å²) in [4.78, 5) is 0. The van der Waals surface area contributed by atoms with Crippen LogP contribution < -0.4 is 11.3 Å². The number of hydrogen-bond acceptors (Lipinski definition) is 3. The number of nitrogens with one attached hydrogen (secondary N) is 1. The Morgan fingerprint density at radius 1 is 1.46 bits per heavy atom. The van der Waals surface area contributed by atoms with Crippen LogP contribution in [0.4, 0.5) is 0 Å². The van der Waals surface area contributed by atoms with E-state index in [1.165, 1.54) is 31.2 Å². The normalized spacial score (nSPS) is 20.7. The highest BCUT2D eigenvalue weighted by atomic mass is 32.1. The van der Waals surface area contributed by atoms with Crippen molar-refractivity contribution in [3.8, 4) is 0 Å². The maximum Gasteiger partial charge on any atom is 0.0496 e. The number of thiophene rings is 1. The molecule has 3 N–H and O–H groups in total. The van der Waals surface area contributed by atoms with Crippen LogP contribution in [-0.2, 0) is 0 Å². The van der Waals surface area contributed by atoms with E-state index in [1.54, 1.807) is 11.3 Å². The maximum absolute atomic E-state index is 5.60. The summed E-state index contributed by atoms with van der Waals surface area (Å²) >= 11 is 1.75. The molecule has 2 nitrogen and oxygen atoms in total. The smallest absolute Gasteiger partial charge is 0.0496 e. The fraction of sp³-hybridized carbons (Fsp3) is 0.600. The van der Waals surface area contributed by atoms with E-state index in [1.807, 2.05) is 0 Å². The highest BCUT2D eigenvalue weighted by Gasteiger charge is 2.25. The van der Waals surface area contributed by atoms with Crippen LogP contribution in [0.25, 0.3) is 0 Å².